The van der Waals surface area contributed by atoms with Gasteiger partial charge in [-0.05, 0) is 0 Å². The zero-order valence-electron chi connectivity index (χ0n) is 6.83. The maximum absolute atomic E-state index is 9.47. The minimum absolute atomic E-state index is 0.0653. The van der Waals surface area contributed by atoms with E-state index in [2.05, 4.69) is 0 Å². The summed E-state index contributed by atoms with van der Waals surface area (Å²) in [5, 5.41) is 37.1. The third kappa shape index (κ3) is 1.11. The smallest absolute Gasteiger partial charge is 0.221 e. The lowest BCUT2D eigenvalue weighted by Crippen LogP contribution is -2.62. The number of fused-ring (bicyclic) bond motifs is 2. The van der Waals surface area contributed by atoms with Crippen LogP contribution in [0.25, 0.3) is 0 Å². The van der Waals surface area contributed by atoms with Crippen molar-refractivity contribution in [2.24, 2.45) is 0 Å². The third-order valence-corrected chi connectivity index (χ3v) is 2.57. The second-order valence-electron chi connectivity index (χ2n) is 3.36. The molecule has 2 aliphatic rings. The van der Waals surface area contributed by atoms with Crippen LogP contribution in [0, 0.1) is 0 Å². The molecule has 0 aromatic rings. The number of hydrogen-bond donors (Lipinski definition) is 4. The largest absolute Gasteiger partial charge is 0.391 e. The van der Waals surface area contributed by atoms with Crippen LogP contribution in [-0.4, -0.2) is 63.8 Å². The average Bonchev–Trinajstić information content (AvgIpc) is 2.55. The van der Waals surface area contributed by atoms with Gasteiger partial charge in [-0.2, -0.15) is 0 Å². The predicted molar refractivity (Wildman–Crippen MR) is 38.7 cm³/mol. The van der Waals surface area contributed by atoms with Crippen molar-refractivity contribution in [1.82, 2.24) is 0 Å². The maximum atomic E-state index is 9.47. The van der Waals surface area contributed by atoms with E-state index in [1.807, 2.05) is 0 Å². The minimum atomic E-state index is -1.55. The normalized spacial score (nSPS) is 55.4. The molecule has 2 saturated heterocycles. The van der Waals surface area contributed by atoms with E-state index in [9.17, 15) is 15.3 Å². The van der Waals surface area contributed by atoms with Crippen LogP contribution in [0.4, 0.5) is 0 Å². The Balaban J connectivity index is 2.25. The van der Waals surface area contributed by atoms with Crippen molar-refractivity contribution in [2.75, 3.05) is 13.2 Å². The molecule has 13 heavy (non-hydrogen) atoms. The van der Waals surface area contributed by atoms with Crippen LogP contribution in [0.15, 0.2) is 0 Å². The molecule has 0 aromatic carbocycles. The van der Waals surface area contributed by atoms with Gasteiger partial charge in [-0.25, -0.2) is 0 Å². The van der Waals surface area contributed by atoms with Crippen molar-refractivity contribution in [3.8, 4) is 0 Å². The fraction of sp³-hybridized carbons (Fsp3) is 1.00. The lowest BCUT2D eigenvalue weighted by atomic mass is 9.95. The molecular weight excluding hydrogens is 180 g/mol. The van der Waals surface area contributed by atoms with Crippen molar-refractivity contribution < 1.29 is 29.9 Å². The molecule has 5 unspecified atom stereocenters. The van der Waals surface area contributed by atoms with Gasteiger partial charge in [-0.3, -0.25) is 0 Å². The van der Waals surface area contributed by atoms with Gasteiger partial charge in [0.25, 0.3) is 0 Å². The fourth-order valence-corrected chi connectivity index (χ4v) is 1.71. The zero-order valence-corrected chi connectivity index (χ0v) is 6.83. The van der Waals surface area contributed by atoms with Crippen LogP contribution in [0.2, 0.25) is 0 Å². The van der Waals surface area contributed by atoms with Gasteiger partial charge >= 0.3 is 0 Å². The summed E-state index contributed by atoms with van der Waals surface area (Å²) in [6.07, 6.45) is -4.61. The molecule has 4 N–H and O–H groups in total. The highest BCUT2D eigenvalue weighted by molar-refractivity contribution is 5.00. The summed E-state index contributed by atoms with van der Waals surface area (Å²) in [5.74, 6) is -1.55. The van der Waals surface area contributed by atoms with Gasteiger partial charge in [0.15, 0.2) is 0 Å². The van der Waals surface area contributed by atoms with Crippen molar-refractivity contribution in [3.63, 3.8) is 0 Å². The molecular formula is C7H12O6. The maximum Gasteiger partial charge on any atom is 0.221 e. The molecule has 0 amide bonds. The molecule has 2 rings (SSSR count). The van der Waals surface area contributed by atoms with Gasteiger partial charge in [-0.15, -0.1) is 0 Å². The lowest BCUT2D eigenvalue weighted by molar-refractivity contribution is -0.305. The van der Waals surface area contributed by atoms with E-state index in [-0.39, 0.29) is 6.61 Å². The molecule has 2 bridgehead atoms. The second kappa shape index (κ2) is 2.88. The first-order valence-electron chi connectivity index (χ1n) is 4.07. The average molecular weight is 192 g/mol. The molecule has 0 radical (unpaired) electrons. The predicted octanol–water partition coefficient (Wildman–Crippen LogP) is -2.81. The van der Waals surface area contributed by atoms with Crippen LogP contribution in [0.3, 0.4) is 0 Å². The van der Waals surface area contributed by atoms with Gasteiger partial charge in [-0.1, -0.05) is 0 Å². The molecule has 0 aliphatic carbocycles. The first-order valence-corrected chi connectivity index (χ1v) is 4.07. The highest BCUT2D eigenvalue weighted by Crippen LogP contribution is 2.36. The van der Waals surface area contributed by atoms with Gasteiger partial charge < -0.3 is 29.9 Å². The molecule has 0 spiro atoms. The third-order valence-electron chi connectivity index (χ3n) is 2.57. The summed E-state index contributed by atoms with van der Waals surface area (Å²) in [6.45, 7) is -0.482. The van der Waals surface area contributed by atoms with Gasteiger partial charge in [0.1, 0.15) is 31.0 Å². The van der Waals surface area contributed by atoms with Crippen molar-refractivity contribution in [3.05, 3.63) is 0 Å². The number of aliphatic hydroxyl groups is 4. The molecule has 2 aliphatic heterocycles. The molecule has 0 saturated carbocycles. The first-order chi connectivity index (χ1) is 6.10. The van der Waals surface area contributed by atoms with Crippen LogP contribution in [0.1, 0.15) is 0 Å². The van der Waals surface area contributed by atoms with Crippen molar-refractivity contribution in [1.29, 1.82) is 0 Å². The molecule has 6 nitrogen and oxygen atoms in total. The Morgan fingerprint density at radius 2 is 1.92 bits per heavy atom. The van der Waals surface area contributed by atoms with Crippen LogP contribution < -0.4 is 0 Å². The van der Waals surface area contributed by atoms with E-state index < -0.39 is 36.8 Å². The standard InChI is InChI=1S/C7H12O6/c8-2-7-6(11)5(10)4(9)3(13-7)1-12-7/h3-6,8-11H,1-2H2. The van der Waals surface area contributed by atoms with E-state index in [0.29, 0.717) is 0 Å². The molecule has 2 heterocycles. The van der Waals surface area contributed by atoms with E-state index in [4.69, 9.17) is 14.6 Å². The topological polar surface area (TPSA) is 99.4 Å². The zero-order chi connectivity index (χ0) is 9.64. The number of hydrogen-bond acceptors (Lipinski definition) is 6. The Morgan fingerprint density at radius 3 is 2.54 bits per heavy atom. The molecule has 0 aromatic heterocycles. The Bertz CT molecular complexity index is 209. The number of ether oxygens (including phenoxy) is 2. The Hall–Kier alpha value is -0.240. The summed E-state index contributed by atoms with van der Waals surface area (Å²) in [6, 6.07) is 0. The Kier molecular flexibility index (Phi) is 2.06. The Morgan fingerprint density at radius 1 is 1.23 bits per heavy atom. The summed E-state index contributed by atoms with van der Waals surface area (Å²) in [5.41, 5.74) is 0. The summed E-state index contributed by atoms with van der Waals surface area (Å²) >= 11 is 0. The van der Waals surface area contributed by atoms with Gasteiger partial charge in [0.2, 0.25) is 5.79 Å². The highest BCUT2D eigenvalue weighted by Gasteiger charge is 2.58. The van der Waals surface area contributed by atoms with Crippen molar-refractivity contribution in [2.45, 2.75) is 30.2 Å². The monoisotopic (exact) mass is 192 g/mol. The minimum Gasteiger partial charge on any atom is -0.391 e. The van der Waals surface area contributed by atoms with Crippen LogP contribution >= 0.6 is 0 Å². The van der Waals surface area contributed by atoms with Crippen LogP contribution in [0.5, 0.6) is 0 Å². The molecule has 76 valence electrons. The number of aliphatic hydroxyl groups excluding tert-OH is 4. The summed E-state index contributed by atoms with van der Waals surface area (Å²) in [4.78, 5) is 0. The highest BCUT2D eigenvalue weighted by atomic mass is 16.8. The number of rotatable bonds is 1. The van der Waals surface area contributed by atoms with E-state index in [0.717, 1.165) is 0 Å². The molecule has 2 fully saturated rings. The van der Waals surface area contributed by atoms with Gasteiger partial charge in [0.05, 0.1) is 6.61 Å². The van der Waals surface area contributed by atoms with E-state index in [1.54, 1.807) is 0 Å². The van der Waals surface area contributed by atoms with E-state index in [1.165, 1.54) is 0 Å². The fourth-order valence-electron chi connectivity index (χ4n) is 1.71. The molecule has 6 heteroatoms. The quantitative estimate of drug-likeness (QED) is 0.358. The van der Waals surface area contributed by atoms with E-state index >= 15 is 0 Å². The molecule has 5 atom stereocenters. The Labute approximate surface area is 74.3 Å². The summed E-state index contributed by atoms with van der Waals surface area (Å²) < 4.78 is 10.1. The SMILES string of the molecule is OCC12OCC(O1)C(O)C(O)C2O. The second-order valence-corrected chi connectivity index (χ2v) is 3.36. The van der Waals surface area contributed by atoms with Gasteiger partial charge in [0, 0.05) is 0 Å². The first kappa shape index (κ1) is 9.32. The summed E-state index contributed by atoms with van der Waals surface area (Å²) in [7, 11) is 0. The van der Waals surface area contributed by atoms with Crippen LogP contribution in [-0.2, 0) is 9.47 Å². The van der Waals surface area contributed by atoms with Crippen molar-refractivity contribution >= 4 is 0 Å². The lowest BCUT2D eigenvalue weighted by Gasteiger charge is -2.39.